The number of carbonyl (C=O) groups is 1. The van der Waals surface area contributed by atoms with E-state index in [4.69, 9.17) is 5.73 Å². The molecule has 6 nitrogen and oxygen atoms in total. The summed E-state index contributed by atoms with van der Waals surface area (Å²) in [6.45, 7) is 3.23. The van der Waals surface area contributed by atoms with Crippen LogP contribution in [0, 0.1) is 0 Å². The van der Waals surface area contributed by atoms with E-state index in [-0.39, 0.29) is 24.9 Å². The van der Waals surface area contributed by atoms with Crippen LogP contribution < -0.4 is 11.1 Å². The highest BCUT2D eigenvalue weighted by atomic mass is 32.2. The van der Waals surface area contributed by atoms with Crippen LogP contribution in [0.3, 0.4) is 0 Å². The maximum Gasteiger partial charge on any atom is 0.317 e. The molecule has 0 bridgehead atoms. The van der Waals surface area contributed by atoms with Crippen LogP contribution in [0.4, 0.5) is 4.79 Å². The molecule has 3 N–H and O–H groups in total. The van der Waals surface area contributed by atoms with Crippen LogP contribution in [-0.2, 0) is 9.84 Å². The predicted octanol–water partition coefficient (Wildman–Crippen LogP) is -0.836. The second-order valence-electron chi connectivity index (χ2n) is 3.85. The molecule has 2 amide bonds. The standard InChI is InChI=1S/C9H19N3O3S/c1-2-11-9(13)12-5-6-16(14,15)8(7-12)3-4-10/h8H,2-7,10H2,1H3,(H,11,13). The Labute approximate surface area is 96.1 Å². The van der Waals surface area contributed by atoms with Crippen LogP contribution in [0.15, 0.2) is 0 Å². The molecule has 1 saturated heterocycles. The maximum absolute atomic E-state index is 11.7. The summed E-state index contributed by atoms with van der Waals surface area (Å²) in [4.78, 5) is 13.1. The van der Waals surface area contributed by atoms with E-state index in [1.54, 1.807) is 4.90 Å². The number of nitrogens with two attached hydrogens (primary N) is 1. The third-order valence-corrected chi connectivity index (χ3v) is 4.83. The number of hydrogen-bond donors (Lipinski definition) is 2. The molecule has 0 aromatic carbocycles. The lowest BCUT2D eigenvalue weighted by atomic mass is 10.3. The molecule has 0 radical (unpaired) electrons. The third-order valence-electron chi connectivity index (χ3n) is 2.68. The van der Waals surface area contributed by atoms with Crippen molar-refractivity contribution in [2.75, 3.05) is 31.9 Å². The fourth-order valence-electron chi connectivity index (χ4n) is 1.76. The van der Waals surface area contributed by atoms with Crippen LogP contribution in [0.25, 0.3) is 0 Å². The first-order valence-corrected chi connectivity index (χ1v) is 7.17. The lowest BCUT2D eigenvalue weighted by molar-refractivity contribution is 0.198. The smallest absolute Gasteiger partial charge is 0.317 e. The average molecular weight is 249 g/mol. The Bertz CT molecular complexity index is 342. The zero-order valence-electron chi connectivity index (χ0n) is 9.48. The molecule has 1 atom stereocenters. The van der Waals surface area contributed by atoms with E-state index in [1.165, 1.54) is 0 Å². The Kier molecular flexibility index (Phi) is 4.55. The van der Waals surface area contributed by atoms with Crippen molar-refractivity contribution < 1.29 is 13.2 Å². The summed E-state index contributed by atoms with van der Waals surface area (Å²) in [6.07, 6.45) is 0.415. The molecule has 1 rings (SSSR count). The van der Waals surface area contributed by atoms with Gasteiger partial charge in [-0.2, -0.15) is 0 Å². The number of sulfone groups is 1. The molecular weight excluding hydrogens is 230 g/mol. The molecule has 1 unspecified atom stereocenters. The van der Waals surface area contributed by atoms with Gasteiger partial charge in [-0.3, -0.25) is 0 Å². The van der Waals surface area contributed by atoms with Gasteiger partial charge in [0.25, 0.3) is 0 Å². The molecule has 0 aromatic rings. The molecular formula is C9H19N3O3S. The van der Waals surface area contributed by atoms with Crippen LogP contribution in [0.1, 0.15) is 13.3 Å². The van der Waals surface area contributed by atoms with Gasteiger partial charge < -0.3 is 16.0 Å². The van der Waals surface area contributed by atoms with Crippen LogP contribution >= 0.6 is 0 Å². The lowest BCUT2D eigenvalue weighted by Crippen LogP contribution is -2.52. The van der Waals surface area contributed by atoms with Gasteiger partial charge in [0.1, 0.15) is 0 Å². The summed E-state index contributed by atoms with van der Waals surface area (Å²) in [7, 11) is -3.07. The number of nitrogens with one attached hydrogen (secondary N) is 1. The Morgan fingerprint density at radius 3 is 2.81 bits per heavy atom. The zero-order valence-corrected chi connectivity index (χ0v) is 10.3. The quantitative estimate of drug-likeness (QED) is 0.682. The Balaban J connectivity index is 2.65. The second-order valence-corrected chi connectivity index (χ2v) is 6.25. The lowest BCUT2D eigenvalue weighted by Gasteiger charge is -2.32. The molecule has 1 heterocycles. The Morgan fingerprint density at radius 2 is 2.25 bits per heavy atom. The topological polar surface area (TPSA) is 92.5 Å². The zero-order chi connectivity index (χ0) is 12.2. The minimum Gasteiger partial charge on any atom is -0.338 e. The molecule has 0 aliphatic carbocycles. The van der Waals surface area contributed by atoms with Gasteiger partial charge in [-0.25, -0.2) is 13.2 Å². The SMILES string of the molecule is CCNC(=O)N1CCS(=O)(=O)C(CCN)C1. The first-order valence-electron chi connectivity index (χ1n) is 5.45. The van der Waals surface area contributed by atoms with E-state index in [9.17, 15) is 13.2 Å². The summed E-state index contributed by atoms with van der Waals surface area (Å²) >= 11 is 0. The maximum atomic E-state index is 11.7. The summed E-state index contributed by atoms with van der Waals surface area (Å²) in [5.41, 5.74) is 5.38. The van der Waals surface area contributed by atoms with E-state index in [0.717, 1.165) is 0 Å². The van der Waals surface area contributed by atoms with Crippen molar-refractivity contribution in [2.45, 2.75) is 18.6 Å². The highest BCUT2D eigenvalue weighted by Crippen LogP contribution is 2.15. The number of carbonyl (C=O) groups excluding carboxylic acids is 1. The highest BCUT2D eigenvalue weighted by molar-refractivity contribution is 7.92. The molecule has 0 spiro atoms. The molecule has 7 heteroatoms. The molecule has 1 fully saturated rings. The first kappa shape index (κ1) is 13.2. The van der Waals surface area contributed by atoms with E-state index >= 15 is 0 Å². The summed E-state index contributed by atoms with van der Waals surface area (Å²) in [5.74, 6) is 0.0365. The van der Waals surface area contributed by atoms with Gasteiger partial charge in [-0.1, -0.05) is 0 Å². The summed E-state index contributed by atoms with van der Waals surface area (Å²) in [5, 5.41) is 2.16. The molecule has 0 aromatic heterocycles. The van der Waals surface area contributed by atoms with E-state index < -0.39 is 15.1 Å². The van der Waals surface area contributed by atoms with Gasteiger partial charge in [-0.05, 0) is 19.9 Å². The number of amides is 2. The first-order chi connectivity index (χ1) is 7.51. The Morgan fingerprint density at radius 1 is 1.56 bits per heavy atom. The van der Waals surface area contributed by atoms with Crippen LogP contribution in [0.2, 0.25) is 0 Å². The normalized spacial score (nSPS) is 24.1. The van der Waals surface area contributed by atoms with Gasteiger partial charge in [0.15, 0.2) is 9.84 Å². The predicted molar refractivity (Wildman–Crippen MR) is 61.9 cm³/mol. The van der Waals surface area contributed by atoms with Gasteiger partial charge in [0.2, 0.25) is 0 Å². The highest BCUT2D eigenvalue weighted by Gasteiger charge is 2.33. The van der Waals surface area contributed by atoms with Gasteiger partial charge >= 0.3 is 6.03 Å². The van der Waals surface area contributed by atoms with E-state index in [0.29, 0.717) is 19.5 Å². The second kappa shape index (κ2) is 5.49. The van der Waals surface area contributed by atoms with Crippen molar-refractivity contribution in [2.24, 2.45) is 5.73 Å². The molecule has 94 valence electrons. The van der Waals surface area contributed by atoms with Gasteiger partial charge in [0, 0.05) is 19.6 Å². The molecule has 16 heavy (non-hydrogen) atoms. The average Bonchev–Trinajstić information content (AvgIpc) is 2.21. The van der Waals surface area contributed by atoms with Gasteiger partial charge in [0.05, 0.1) is 11.0 Å². The minimum absolute atomic E-state index is 0.0365. The number of nitrogens with zero attached hydrogens (tertiary/aromatic N) is 1. The summed E-state index contributed by atoms with van der Waals surface area (Å²) < 4.78 is 23.4. The monoisotopic (exact) mass is 249 g/mol. The molecule has 0 saturated carbocycles. The number of urea groups is 1. The van der Waals surface area contributed by atoms with Crippen molar-refractivity contribution in [1.82, 2.24) is 10.2 Å². The van der Waals surface area contributed by atoms with Crippen molar-refractivity contribution >= 4 is 15.9 Å². The van der Waals surface area contributed by atoms with Crippen molar-refractivity contribution in [1.29, 1.82) is 0 Å². The van der Waals surface area contributed by atoms with Crippen molar-refractivity contribution in [3.63, 3.8) is 0 Å². The number of hydrogen-bond acceptors (Lipinski definition) is 4. The fourth-order valence-corrected chi connectivity index (χ4v) is 3.47. The van der Waals surface area contributed by atoms with Crippen molar-refractivity contribution in [3.05, 3.63) is 0 Å². The minimum atomic E-state index is -3.07. The van der Waals surface area contributed by atoms with Gasteiger partial charge in [-0.15, -0.1) is 0 Å². The molecule has 1 aliphatic rings. The largest absolute Gasteiger partial charge is 0.338 e. The molecule has 1 aliphatic heterocycles. The fraction of sp³-hybridized carbons (Fsp3) is 0.889. The van der Waals surface area contributed by atoms with E-state index in [1.807, 2.05) is 6.92 Å². The van der Waals surface area contributed by atoms with Crippen LogP contribution in [0.5, 0.6) is 0 Å². The van der Waals surface area contributed by atoms with Crippen LogP contribution in [-0.4, -0.2) is 56.5 Å². The Hall–Kier alpha value is -0.820. The summed E-state index contributed by atoms with van der Waals surface area (Å²) in [6, 6.07) is -0.195. The van der Waals surface area contributed by atoms with E-state index in [2.05, 4.69) is 5.32 Å². The number of rotatable bonds is 3. The third kappa shape index (κ3) is 3.08. The van der Waals surface area contributed by atoms with Crippen molar-refractivity contribution in [3.8, 4) is 0 Å².